The van der Waals surface area contributed by atoms with E-state index >= 15 is 0 Å². The van der Waals surface area contributed by atoms with Gasteiger partial charge in [-0.15, -0.1) is 0 Å². The number of hydrogen-bond donors (Lipinski definition) is 1. The lowest BCUT2D eigenvalue weighted by Gasteiger charge is -2.31. The molecule has 2 aromatic rings. The molecule has 5 heteroatoms. The fourth-order valence-electron chi connectivity index (χ4n) is 3.27. The highest BCUT2D eigenvalue weighted by Gasteiger charge is 2.24. The second-order valence-electron chi connectivity index (χ2n) is 6.17. The van der Waals surface area contributed by atoms with E-state index in [1.54, 1.807) is 12.1 Å². The molecule has 1 fully saturated rings. The van der Waals surface area contributed by atoms with Crippen LogP contribution in [0, 0.1) is 0 Å². The van der Waals surface area contributed by atoms with E-state index in [1.165, 1.54) is 31.9 Å². The molecule has 1 aromatic heterocycles. The van der Waals surface area contributed by atoms with E-state index in [2.05, 4.69) is 16.3 Å². The van der Waals surface area contributed by atoms with Crippen LogP contribution in [-0.2, 0) is 0 Å². The Morgan fingerprint density at radius 3 is 2.54 bits per heavy atom. The topological polar surface area (TPSA) is 45.5 Å². The molecule has 24 heavy (non-hydrogen) atoms. The highest BCUT2D eigenvalue weighted by molar-refractivity contribution is 6.31. The third kappa shape index (κ3) is 4.19. The number of likely N-dealkylation sites (tertiary alicyclic amines) is 1. The van der Waals surface area contributed by atoms with Crippen molar-refractivity contribution in [3.63, 3.8) is 0 Å². The molecule has 1 N–H and O–H groups in total. The molecule has 1 saturated heterocycles. The quantitative estimate of drug-likeness (QED) is 0.878. The van der Waals surface area contributed by atoms with E-state index in [4.69, 9.17) is 16.0 Å². The van der Waals surface area contributed by atoms with Crippen LogP contribution in [0.1, 0.15) is 47.8 Å². The maximum absolute atomic E-state index is 12.2. The van der Waals surface area contributed by atoms with Crippen LogP contribution < -0.4 is 5.32 Å². The number of rotatable bonds is 5. The summed E-state index contributed by atoms with van der Waals surface area (Å²) in [5.74, 6) is 0.149. The van der Waals surface area contributed by atoms with Crippen LogP contribution >= 0.6 is 11.6 Å². The molecule has 1 unspecified atom stereocenters. The van der Waals surface area contributed by atoms with E-state index in [9.17, 15) is 4.79 Å². The number of hydrogen-bond acceptors (Lipinski definition) is 3. The standard InChI is InChI=1S/C19H23ClN2O2/c20-16-9-4-3-8-15(16)17(22-11-5-1-2-6-12-22)14-21-19(23)18-10-7-13-24-18/h3-4,7-10,13,17H,1-2,5-6,11-12,14H2,(H,21,23). The number of nitrogens with zero attached hydrogens (tertiary/aromatic N) is 1. The molecule has 0 saturated carbocycles. The molecule has 0 aliphatic carbocycles. The summed E-state index contributed by atoms with van der Waals surface area (Å²) < 4.78 is 5.17. The van der Waals surface area contributed by atoms with Crippen LogP contribution in [0.4, 0.5) is 0 Å². The van der Waals surface area contributed by atoms with Crippen LogP contribution in [0.3, 0.4) is 0 Å². The van der Waals surface area contributed by atoms with Gasteiger partial charge < -0.3 is 9.73 Å². The summed E-state index contributed by atoms with van der Waals surface area (Å²) in [5.41, 5.74) is 1.07. The average Bonchev–Trinajstić information content (AvgIpc) is 3.00. The van der Waals surface area contributed by atoms with Crippen LogP contribution in [0.5, 0.6) is 0 Å². The Balaban J connectivity index is 1.76. The summed E-state index contributed by atoms with van der Waals surface area (Å²) in [6.07, 6.45) is 6.42. The minimum absolute atomic E-state index is 0.0794. The van der Waals surface area contributed by atoms with Crippen molar-refractivity contribution in [1.82, 2.24) is 10.2 Å². The molecular formula is C19H23ClN2O2. The minimum atomic E-state index is -0.188. The van der Waals surface area contributed by atoms with Gasteiger partial charge in [-0.1, -0.05) is 42.6 Å². The van der Waals surface area contributed by atoms with Crippen molar-refractivity contribution in [1.29, 1.82) is 0 Å². The van der Waals surface area contributed by atoms with E-state index in [-0.39, 0.29) is 11.9 Å². The normalized spacial score (nSPS) is 17.2. The second kappa shape index (κ2) is 8.36. The molecule has 4 nitrogen and oxygen atoms in total. The molecule has 1 aliphatic rings. The number of carbonyl (C=O) groups is 1. The first-order chi connectivity index (χ1) is 11.8. The maximum atomic E-state index is 12.2. The average molecular weight is 347 g/mol. The van der Waals surface area contributed by atoms with Gasteiger partial charge in [0.2, 0.25) is 0 Å². The van der Waals surface area contributed by atoms with Crippen molar-refractivity contribution >= 4 is 17.5 Å². The number of carbonyl (C=O) groups excluding carboxylic acids is 1. The molecule has 128 valence electrons. The monoisotopic (exact) mass is 346 g/mol. The molecule has 0 bridgehead atoms. The Hall–Kier alpha value is -1.78. The van der Waals surface area contributed by atoms with Gasteiger partial charge in [-0.2, -0.15) is 0 Å². The largest absolute Gasteiger partial charge is 0.459 e. The van der Waals surface area contributed by atoms with Gasteiger partial charge in [-0.25, -0.2) is 0 Å². The van der Waals surface area contributed by atoms with Crippen molar-refractivity contribution in [3.8, 4) is 0 Å². The molecule has 0 radical (unpaired) electrons. The Kier molecular flexibility index (Phi) is 5.94. The summed E-state index contributed by atoms with van der Waals surface area (Å²) >= 11 is 6.44. The van der Waals surface area contributed by atoms with Crippen molar-refractivity contribution in [3.05, 3.63) is 59.0 Å². The van der Waals surface area contributed by atoms with Gasteiger partial charge in [-0.3, -0.25) is 9.69 Å². The molecule has 1 amide bonds. The van der Waals surface area contributed by atoms with Crippen molar-refractivity contribution in [2.75, 3.05) is 19.6 Å². The van der Waals surface area contributed by atoms with Gasteiger partial charge >= 0.3 is 0 Å². The molecule has 3 rings (SSSR count). The Bertz CT molecular complexity index is 649. The zero-order valence-electron chi connectivity index (χ0n) is 13.7. The predicted octanol–water partition coefficient (Wildman–Crippen LogP) is 4.28. The zero-order chi connectivity index (χ0) is 16.8. The number of amides is 1. The van der Waals surface area contributed by atoms with Gasteiger partial charge in [0.15, 0.2) is 5.76 Å². The third-order valence-corrected chi connectivity index (χ3v) is 4.89. The number of furan rings is 1. The van der Waals surface area contributed by atoms with Crippen molar-refractivity contribution in [2.24, 2.45) is 0 Å². The minimum Gasteiger partial charge on any atom is -0.459 e. The molecule has 1 atom stereocenters. The lowest BCUT2D eigenvalue weighted by Crippen LogP contribution is -2.38. The first-order valence-corrected chi connectivity index (χ1v) is 8.93. The van der Waals surface area contributed by atoms with Gasteiger partial charge in [0, 0.05) is 11.6 Å². The molecular weight excluding hydrogens is 324 g/mol. The highest BCUT2D eigenvalue weighted by atomic mass is 35.5. The van der Waals surface area contributed by atoms with E-state index in [1.807, 2.05) is 18.2 Å². The molecule has 2 heterocycles. The number of nitrogens with one attached hydrogen (secondary N) is 1. The fraction of sp³-hybridized carbons (Fsp3) is 0.421. The van der Waals surface area contributed by atoms with Crippen molar-refractivity contribution in [2.45, 2.75) is 31.7 Å². The Morgan fingerprint density at radius 1 is 1.12 bits per heavy atom. The predicted molar refractivity (Wildman–Crippen MR) is 95.3 cm³/mol. The smallest absolute Gasteiger partial charge is 0.287 e. The van der Waals surface area contributed by atoms with E-state index < -0.39 is 0 Å². The lowest BCUT2D eigenvalue weighted by molar-refractivity contribution is 0.0905. The van der Waals surface area contributed by atoms with Gasteiger partial charge in [0.05, 0.1) is 12.3 Å². The second-order valence-corrected chi connectivity index (χ2v) is 6.58. The van der Waals surface area contributed by atoms with E-state index in [0.717, 1.165) is 23.7 Å². The molecule has 1 aromatic carbocycles. The highest BCUT2D eigenvalue weighted by Crippen LogP contribution is 2.29. The fourth-order valence-corrected chi connectivity index (χ4v) is 3.53. The molecule has 0 spiro atoms. The van der Waals surface area contributed by atoms with Crippen molar-refractivity contribution < 1.29 is 9.21 Å². The van der Waals surface area contributed by atoms with Gasteiger partial charge in [0.25, 0.3) is 5.91 Å². The van der Waals surface area contributed by atoms with Crippen LogP contribution in [0.2, 0.25) is 5.02 Å². The summed E-state index contributed by atoms with van der Waals surface area (Å²) in [6, 6.07) is 11.4. The molecule has 1 aliphatic heterocycles. The summed E-state index contributed by atoms with van der Waals surface area (Å²) in [4.78, 5) is 14.7. The van der Waals surface area contributed by atoms with Gasteiger partial charge in [-0.05, 0) is 49.7 Å². The zero-order valence-corrected chi connectivity index (χ0v) is 14.5. The van der Waals surface area contributed by atoms with Crippen LogP contribution in [-0.4, -0.2) is 30.4 Å². The third-order valence-electron chi connectivity index (χ3n) is 4.55. The first kappa shape index (κ1) is 17.1. The Labute approximate surface area is 147 Å². The van der Waals surface area contributed by atoms with Crippen LogP contribution in [0.15, 0.2) is 47.1 Å². The summed E-state index contributed by atoms with van der Waals surface area (Å²) in [5, 5.41) is 3.74. The SMILES string of the molecule is O=C(NCC(c1ccccc1Cl)N1CCCCCC1)c1ccco1. The lowest BCUT2D eigenvalue weighted by atomic mass is 10.0. The Morgan fingerprint density at radius 2 is 1.88 bits per heavy atom. The summed E-state index contributed by atoms with van der Waals surface area (Å²) in [7, 11) is 0. The van der Waals surface area contributed by atoms with E-state index in [0.29, 0.717) is 12.3 Å². The van der Waals surface area contributed by atoms with Crippen LogP contribution in [0.25, 0.3) is 0 Å². The number of halogens is 1. The number of benzene rings is 1. The van der Waals surface area contributed by atoms with Gasteiger partial charge in [0.1, 0.15) is 0 Å². The maximum Gasteiger partial charge on any atom is 0.287 e. The first-order valence-electron chi connectivity index (χ1n) is 8.56. The summed E-state index contributed by atoms with van der Waals surface area (Å²) in [6.45, 7) is 2.59.